The van der Waals surface area contributed by atoms with Crippen LogP contribution in [0.4, 0.5) is 0 Å². The average Bonchev–Trinajstić information content (AvgIpc) is 3.06. The number of carbonyl (C=O) groups excluding carboxylic acids is 2. The Bertz CT molecular complexity index is 1330. The second-order valence-corrected chi connectivity index (χ2v) is 11.7. The molecule has 0 amide bonds. The minimum Gasteiger partial charge on any atom is -0.493 e. The molecule has 8 heteroatoms. The molecule has 0 aliphatic carbocycles. The first-order valence-electron chi connectivity index (χ1n) is 16.1. The Hall–Kier alpha value is -4.56. The zero-order valence-electron chi connectivity index (χ0n) is 28.2. The molecule has 246 valence electrons. The topological polar surface area (TPSA) is 119 Å². The van der Waals surface area contributed by atoms with Crippen LogP contribution in [0.25, 0.3) is 12.2 Å². The molecule has 0 radical (unpaired) electrons. The highest BCUT2D eigenvalue weighted by Crippen LogP contribution is 2.31. The van der Waals surface area contributed by atoms with E-state index in [-0.39, 0.29) is 34.5 Å². The predicted molar refractivity (Wildman–Crippen MR) is 181 cm³/mol. The van der Waals surface area contributed by atoms with Crippen LogP contribution in [0.15, 0.2) is 47.5 Å². The molecule has 2 aromatic carbocycles. The SMILES string of the molecule is COc1cc(C=C(C#N)C(=O)C(C)C)ccc1OCCCCCCCCCCOc1ccc(C=C(C#N)C(=O)C(C)C)cc1OC. The number of unbranched alkanes of at least 4 members (excludes halogenated alkanes) is 7. The second kappa shape index (κ2) is 20.5. The van der Waals surface area contributed by atoms with Crippen molar-refractivity contribution >= 4 is 23.7 Å². The van der Waals surface area contributed by atoms with Gasteiger partial charge in [0.05, 0.1) is 38.6 Å². The molecule has 46 heavy (non-hydrogen) atoms. The monoisotopic (exact) mass is 628 g/mol. The molecule has 0 fully saturated rings. The maximum atomic E-state index is 12.2. The van der Waals surface area contributed by atoms with Crippen molar-refractivity contribution in [3.63, 3.8) is 0 Å². The lowest BCUT2D eigenvalue weighted by molar-refractivity contribution is -0.118. The van der Waals surface area contributed by atoms with Crippen LogP contribution >= 0.6 is 0 Å². The van der Waals surface area contributed by atoms with E-state index in [0.29, 0.717) is 36.2 Å². The zero-order valence-corrected chi connectivity index (χ0v) is 28.2. The summed E-state index contributed by atoms with van der Waals surface area (Å²) in [5, 5.41) is 18.7. The van der Waals surface area contributed by atoms with Gasteiger partial charge >= 0.3 is 0 Å². The van der Waals surface area contributed by atoms with Crippen molar-refractivity contribution < 1.29 is 28.5 Å². The number of ketones is 2. The van der Waals surface area contributed by atoms with Gasteiger partial charge in [0.1, 0.15) is 12.1 Å². The van der Waals surface area contributed by atoms with Crippen LogP contribution in [0.2, 0.25) is 0 Å². The van der Waals surface area contributed by atoms with Crippen molar-refractivity contribution in [3.05, 3.63) is 58.7 Å². The maximum absolute atomic E-state index is 12.2. The number of nitriles is 2. The van der Waals surface area contributed by atoms with Crippen LogP contribution in [0.5, 0.6) is 23.0 Å². The number of hydrogen-bond acceptors (Lipinski definition) is 8. The molecule has 0 N–H and O–H groups in total. The van der Waals surface area contributed by atoms with Crippen LogP contribution in [0.1, 0.15) is 90.2 Å². The van der Waals surface area contributed by atoms with Gasteiger partial charge in [0.15, 0.2) is 34.6 Å². The van der Waals surface area contributed by atoms with E-state index in [9.17, 15) is 20.1 Å². The van der Waals surface area contributed by atoms with Gasteiger partial charge < -0.3 is 18.9 Å². The Morgan fingerprint density at radius 1 is 0.609 bits per heavy atom. The van der Waals surface area contributed by atoms with Crippen LogP contribution in [0, 0.1) is 34.5 Å². The van der Waals surface area contributed by atoms with Crippen LogP contribution < -0.4 is 18.9 Å². The molecule has 0 saturated carbocycles. The summed E-state index contributed by atoms with van der Waals surface area (Å²) in [6, 6.07) is 14.8. The van der Waals surface area contributed by atoms with E-state index >= 15 is 0 Å². The Labute approximate surface area is 274 Å². The van der Waals surface area contributed by atoms with Gasteiger partial charge in [-0.2, -0.15) is 10.5 Å². The Morgan fingerprint density at radius 2 is 0.957 bits per heavy atom. The molecule has 2 aromatic rings. The number of Topliss-reactive ketones (excluding diaryl/α,β-unsaturated/α-hetero) is 2. The standard InChI is InChI=1S/C38H48N2O6/c1-27(2)37(41)31(25-39)21-29-15-17-33(35(23-29)43-5)45-19-13-11-9-7-8-10-12-14-20-46-34-18-16-30(24-36(34)44-6)22-32(26-40)38(42)28(3)4/h15-18,21-24,27-28H,7-14,19-20H2,1-6H3. The molecule has 0 aliphatic rings. The first kappa shape index (κ1) is 37.6. The summed E-state index contributed by atoms with van der Waals surface area (Å²) in [5.41, 5.74) is 1.70. The third-order valence-corrected chi connectivity index (χ3v) is 7.37. The van der Waals surface area contributed by atoms with Crippen molar-refractivity contribution in [1.29, 1.82) is 10.5 Å². The van der Waals surface area contributed by atoms with Gasteiger partial charge in [-0.25, -0.2) is 0 Å². The normalized spacial score (nSPS) is 11.6. The lowest BCUT2D eigenvalue weighted by atomic mass is 10.00. The van der Waals surface area contributed by atoms with Crippen molar-refractivity contribution in [2.24, 2.45) is 11.8 Å². The number of ether oxygens (including phenoxy) is 4. The van der Waals surface area contributed by atoms with Gasteiger partial charge in [-0.15, -0.1) is 0 Å². The highest BCUT2D eigenvalue weighted by molar-refractivity contribution is 6.04. The molecule has 8 nitrogen and oxygen atoms in total. The largest absolute Gasteiger partial charge is 0.493 e. The first-order valence-corrected chi connectivity index (χ1v) is 16.1. The van der Waals surface area contributed by atoms with E-state index < -0.39 is 0 Å². The first-order chi connectivity index (χ1) is 22.1. The molecule has 0 saturated heterocycles. The molecule has 0 unspecified atom stereocenters. The fraction of sp³-hybridized carbons (Fsp3) is 0.474. The third-order valence-electron chi connectivity index (χ3n) is 7.37. The summed E-state index contributed by atoms with van der Waals surface area (Å²) in [5.74, 6) is 1.59. The van der Waals surface area contributed by atoms with Gasteiger partial charge in [0, 0.05) is 11.8 Å². The van der Waals surface area contributed by atoms with E-state index in [2.05, 4.69) is 0 Å². The zero-order chi connectivity index (χ0) is 33.9. The Morgan fingerprint density at radius 3 is 1.26 bits per heavy atom. The number of nitrogens with zero attached hydrogens (tertiary/aromatic N) is 2. The Kier molecular flexibility index (Phi) is 16.7. The minimum atomic E-state index is -0.240. The molecule has 0 aromatic heterocycles. The van der Waals surface area contributed by atoms with E-state index in [1.54, 1.807) is 66.2 Å². The van der Waals surface area contributed by atoms with E-state index in [1.807, 2.05) is 36.4 Å². The molecule has 0 spiro atoms. The van der Waals surface area contributed by atoms with Crippen molar-refractivity contribution in [3.8, 4) is 35.1 Å². The molecular formula is C38H48N2O6. The van der Waals surface area contributed by atoms with Gasteiger partial charge in [-0.3, -0.25) is 9.59 Å². The highest BCUT2D eigenvalue weighted by atomic mass is 16.5. The van der Waals surface area contributed by atoms with Crippen molar-refractivity contribution in [1.82, 2.24) is 0 Å². The van der Waals surface area contributed by atoms with Crippen molar-refractivity contribution in [2.45, 2.75) is 79.1 Å². The number of hydrogen-bond donors (Lipinski definition) is 0. The molecular weight excluding hydrogens is 580 g/mol. The predicted octanol–water partition coefficient (Wildman–Crippen LogP) is 8.55. The summed E-state index contributed by atoms with van der Waals surface area (Å²) in [6.45, 7) is 8.28. The average molecular weight is 629 g/mol. The molecule has 2 rings (SSSR count). The van der Waals surface area contributed by atoms with E-state index in [1.165, 1.54) is 12.8 Å². The van der Waals surface area contributed by atoms with Crippen LogP contribution in [-0.2, 0) is 9.59 Å². The fourth-order valence-corrected chi connectivity index (χ4v) is 4.69. The highest BCUT2D eigenvalue weighted by Gasteiger charge is 2.15. The summed E-state index contributed by atoms with van der Waals surface area (Å²) in [6.07, 6.45) is 11.9. The lowest BCUT2D eigenvalue weighted by Crippen LogP contribution is -2.08. The summed E-state index contributed by atoms with van der Waals surface area (Å²) in [4.78, 5) is 24.4. The lowest BCUT2D eigenvalue weighted by Gasteiger charge is -2.12. The minimum absolute atomic E-state index is 0.129. The number of rotatable bonds is 21. The summed E-state index contributed by atoms with van der Waals surface area (Å²) < 4.78 is 22.8. The maximum Gasteiger partial charge on any atom is 0.175 e. The number of carbonyl (C=O) groups is 2. The van der Waals surface area contributed by atoms with Gasteiger partial charge in [-0.05, 0) is 60.4 Å². The number of methoxy groups -OCH3 is 2. The van der Waals surface area contributed by atoms with Crippen LogP contribution in [-0.4, -0.2) is 39.0 Å². The third kappa shape index (κ3) is 12.4. The molecule has 0 atom stereocenters. The van der Waals surface area contributed by atoms with Crippen molar-refractivity contribution in [2.75, 3.05) is 27.4 Å². The van der Waals surface area contributed by atoms with E-state index in [0.717, 1.165) is 49.7 Å². The van der Waals surface area contributed by atoms with Crippen LogP contribution in [0.3, 0.4) is 0 Å². The summed E-state index contributed by atoms with van der Waals surface area (Å²) in [7, 11) is 3.15. The van der Waals surface area contributed by atoms with Gasteiger partial charge in [0.2, 0.25) is 0 Å². The van der Waals surface area contributed by atoms with Gasteiger partial charge in [0.25, 0.3) is 0 Å². The molecule has 0 aliphatic heterocycles. The molecule has 0 heterocycles. The quantitative estimate of drug-likeness (QED) is 0.0766. The number of allylic oxidation sites excluding steroid dienone is 2. The van der Waals surface area contributed by atoms with E-state index in [4.69, 9.17) is 18.9 Å². The molecule has 0 bridgehead atoms. The number of benzene rings is 2. The smallest absolute Gasteiger partial charge is 0.175 e. The fourth-order valence-electron chi connectivity index (χ4n) is 4.69. The Balaban J connectivity index is 1.65. The summed E-state index contributed by atoms with van der Waals surface area (Å²) >= 11 is 0. The van der Waals surface area contributed by atoms with Gasteiger partial charge in [-0.1, -0.05) is 78.4 Å². The second-order valence-electron chi connectivity index (χ2n) is 11.7.